The second-order valence-electron chi connectivity index (χ2n) is 8.94. The van der Waals surface area contributed by atoms with Crippen LogP contribution in [0.5, 0.6) is 5.75 Å². The van der Waals surface area contributed by atoms with Crippen molar-refractivity contribution in [2.45, 2.75) is 40.8 Å². The second-order valence-corrected chi connectivity index (χ2v) is 9.38. The average Bonchev–Trinajstić information content (AvgIpc) is 3.32. The molecule has 1 aliphatic rings. The number of aryl methyl sites for hydroxylation is 2. The topological polar surface area (TPSA) is 76.6 Å². The fourth-order valence-corrected chi connectivity index (χ4v) is 4.03. The third-order valence-electron chi connectivity index (χ3n) is 5.52. The van der Waals surface area contributed by atoms with E-state index in [-0.39, 0.29) is 5.91 Å². The Bertz CT molecular complexity index is 1120. The maximum absolute atomic E-state index is 12.9. The van der Waals surface area contributed by atoms with Gasteiger partial charge in [-0.2, -0.15) is 5.10 Å². The van der Waals surface area contributed by atoms with E-state index in [0.717, 1.165) is 35.0 Å². The van der Waals surface area contributed by atoms with Crippen molar-refractivity contribution < 1.29 is 14.1 Å². The number of hydrogen-bond acceptors (Lipinski definition) is 6. The van der Waals surface area contributed by atoms with Gasteiger partial charge in [0.15, 0.2) is 5.82 Å². The van der Waals surface area contributed by atoms with E-state index in [1.807, 2.05) is 48.9 Å². The Hall–Kier alpha value is -2.84. The van der Waals surface area contributed by atoms with Gasteiger partial charge in [0.05, 0.1) is 25.4 Å². The molecule has 1 amide bonds. The van der Waals surface area contributed by atoms with Gasteiger partial charge in [0, 0.05) is 48.0 Å². The van der Waals surface area contributed by atoms with Crippen LogP contribution < -0.4 is 9.64 Å². The highest BCUT2D eigenvalue weighted by Gasteiger charge is 2.27. The summed E-state index contributed by atoms with van der Waals surface area (Å²) in [5.41, 5.74) is 2.76. The molecule has 2 aromatic heterocycles. The minimum absolute atomic E-state index is 0.0230. The van der Waals surface area contributed by atoms with Gasteiger partial charge in [-0.1, -0.05) is 30.6 Å². The van der Waals surface area contributed by atoms with Crippen molar-refractivity contribution in [2.75, 3.05) is 31.1 Å². The Labute approximate surface area is 199 Å². The largest absolute Gasteiger partial charge is 0.493 e. The van der Waals surface area contributed by atoms with Gasteiger partial charge in [-0.25, -0.2) is 0 Å². The van der Waals surface area contributed by atoms with Crippen LogP contribution in [0.25, 0.3) is 0 Å². The molecule has 9 heteroatoms. The summed E-state index contributed by atoms with van der Waals surface area (Å²) in [6.07, 6.45) is 0. The molecule has 0 unspecified atom stereocenters. The number of aromatic nitrogens is 3. The van der Waals surface area contributed by atoms with Gasteiger partial charge in [0.2, 0.25) is 5.91 Å². The maximum atomic E-state index is 12.9. The van der Waals surface area contributed by atoms with Gasteiger partial charge in [0.25, 0.3) is 0 Å². The molecule has 0 radical (unpaired) electrons. The molecule has 0 aliphatic carbocycles. The minimum Gasteiger partial charge on any atom is -0.493 e. The van der Waals surface area contributed by atoms with Crippen LogP contribution in [0.15, 0.2) is 34.9 Å². The highest BCUT2D eigenvalue weighted by molar-refractivity contribution is 6.30. The van der Waals surface area contributed by atoms with Crippen molar-refractivity contribution in [3.05, 3.63) is 58.1 Å². The summed E-state index contributed by atoms with van der Waals surface area (Å²) in [6.45, 7) is 11.5. The Morgan fingerprint density at radius 2 is 1.97 bits per heavy atom. The van der Waals surface area contributed by atoms with Gasteiger partial charge in [0.1, 0.15) is 11.5 Å². The van der Waals surface area contributed by atoms with Gasteiger partial charge < -0.3 is 9.26 Å². The quantitative estimate of drug-likeness (QED) is 0.493. The van der Waals surface area contributed by atoms with Crippen molar-refractivity contribution in [1.29, 1.82) is 0 Å². The first-order chi connectivity index (χ1) is 15.8. The summed E-state index contributed by atoms with van der Waals surface area (Å²) in [5, 5.41) is 9.41. The lowest BCUT2D eigenvalue weighted by atomic mass is 10.2. The molecule has 4 rings (SSSR count). The standard InChI is InChI=1S/C24H30ClN5O3/c1-16(2)15-32-22-6-5-20(25)11-19(22)12-30-17(3)9-23(26-30)29-8-7-28(14-24(29)31)13-21-10-18(4)33-27-21/h5-6,9-11,16H,7-8,12-15H2,1-4H3. The molecule has 1 aliphatic heterocycles. The summed E-state index contributed by atoms with van der Waals surface area (Å²) in [4.78, 5) is 16.7. The molecule has 8 nitrogen and oxygen atoms in total. The molecule has 0 N–H and O–H groups in total. The zero-order valence-electron chi connectivity index (χ0n) is 19.5. The monoisotopic (exact) mass is 471 g/mol. The Kier molecular flexibility index (Phi) is 7.05. The molecule has 0 atom stereocenters. The van der Waals surface area contributed by atoms with Crippen LogP contribution in [-0.2, 0) is 17.9 Å². The van der Waals surface area contributed by atoms with E-state index in [1.165, 1.54) is 0 Å². The zero-order chi connectivity index (χ0) is 23.5. The van der Waals surface area contributed by atoms with E-state index in [0.29, 0.717) is 49.5 Å². The van der Waals surface area contributed by atoms with Crippen molar-refractivity contribution in [3.63, 3.8) is 0 Å². The molecule has 0 spiro atoms. The first kappa shape index (κ1) is 23.3. The number of benzene rings is 1. The summed E-state index contributed by atoms with van der Waals surface area (Å²) < 4.78 is 13.0. The third-order valence-corrected chi connectivity index (χ3v) is 5.76. The number of halogens is 1. The molecular weight excluding hydrogens is 442 g/mol. The van der Waals surface area contributed by atoms with E-state index in [1.54, 1.807) is 4.90 Å². The molecule has 3 aromatic rings. The highest BCUT2D eigenvalue weighted by Crippen LogP contribution is 2.26. The molecule has 33 heavy (non-hydrogen) atoms. The maximum Gasteiger partial charge on any atom is 0.242 e. The van der Waals surface area contributed by atoms with Crippen molar-refractivity contribution >= 4 is 23.3 Å². The van der Waals surface area contributed by atoms with E-state index >= 15 is 0 Å². The second kappa shape index (κ2) is 9.97. The van der Waals surface area contributed by atoms with Crippen LogP contribution in [0.1, 0.15) is 36.6 Å². The number of carbonyl (C=O) groups excluding carboxylic acids is 1. The summed E-state index contributed by atoms with van der Waals surface area (Å²) >= 11 is 6.25. The number of rotatable bonds is 8. The Morgan fingerprint density at radius 1 is 1.15 bits per heavy atom. The van der Waals surface area contributed by atoms with Crippen LogP contribution in [0, 0.1) is 19.8 Å². The van der Waals surface area contributed by atoms with Crippen molar-refractivity contribution in [3.8, 4) is 5.75 Å². The Balaban J connectivity index is 1.45. The summed E-state index contributed by atoms with van der Waals surface area (Å²) in [7, 11) is 0. The minimum atomic E-state index is 0.0230. The number of anilines is 1. The van der Waals surface area contributed by atoms with Crippen molar-refractivity contribution in [1.82, 2.24) is 19.8 Å². The highest BCUT2D eigenvalue weighted by atomic mass is 35.5. The fourth-order valence-electron chi connectivity index (χ4n) is 3.84. The van der Waals surface area contributed by atoms with Crippen LogP contribution in [-0.4, -0.2) is 52.0 Å². The number of amides is 1. The lowest BCUT2D eigenvalue weighted by molar-refractivity contribution is -0.121. The number of ether oxygens (including phenoxy) is 1. The fraction of sp³-hybridized carbons (Fsp3) is 0.458. The lowest BCUT2D eigenvalue weighted by Gasteiger charge is -2.32. The van der Waals surface area contributed by atoms with Gasteiger partial charge >= 0.3 is 0 Å². The SMILES string of the molecule is Cc1cc(CN2CCN(c3cc(C)n(Cc4cc(Cl)ccc4OCC(C)C)n3)C(=O)C2)no1. The summed E-state index contributed by atoms with van der Waals surface area (Å²) in [5.74, 6) is 2.69. The molecule has 0 bridgehead atoms. The Morgan fingerprint density at radius 3 is 2.67 bits per heavy atom. The molecular formula is C24H30ClN5O3. The first-order valence-corrected chi connectivity index (χ1v) is 11.6. The number of hydrogen-bond donors (Lipinski definition) is 0. The van der Waals surface area contributed by atoms with E-state index in [4.69, 9.17) is 26.0 Å². The predicted octanol–water partition coefficient (Wildman–Crippen LogP) is 4.07. The predicted molar refractivity (Wildman–Crippen MR) is 127 cm³/mol. The van der Waals surface area contributed by atoms with Crippen LogP contribution in [0.4, 0.5) is 5.82 Å². The normalized spacial score (nSPS) is 15.0. The summed E-state index contributed by atoms with van der Waals surface area (Å²) in [6, 6.07) is 9.50. The molecule has 0 saturated carbocycles. The van der Waals surface area contributed by atoms with Crippen LogP contribution in [0.3, 0.4) is 0 Å². The molecule has 1 aromatic carbocycles. The number of piperazine rings is 1. The van der Waals surface area contributed by atoms with E-state index in [9.17, 15) is 4.79 Å². The smallest absolute Gasteiger partial charge is 0.242 e. The van der Waals surface area contributed by atoms with Crippen LogP contribution >= 0.6 is 11.6 Å². The first-order valence-electron chi connectivity index (χ1n) is 11.2. The van der Waals surface area contributed by atoms with Crippen LogP contribution in [0.2, 0.25) is 5.02 Å². The molecule has 176 valence electrons. The van der Waals surface area contributed by atoms with Gasteiger partial charge in [-0.3, -0.25) is 19.3 Å². The zero-order valence-corrected chi connectivity index (χ0v) is 20.3. The molecule has 1 saturated heterocycles. The molecule has 1 fully saturated rings. The number of nitrogens with zero attached hydrogens (tertiary/aromatic N) is 5. The van der Waals surface area contributed by atoms with Crippen molar-refractivity contribution in [2.24, 2.45) is 5.92 Å². The lowest BCUT2D eigenvalue weighted by Crippen LogP contribution is -2.50. The third kappa shape index (κ3) is 5.75. The average molecular weight is 472 g/mol. The van der Waals surface area contributed by atoms with Gasteiger partial charge in [-0.15, -0.1) is 0 Å². The van der Waals surface area contributed by atoms with Gasteiger partial charge in [-0.05, 0) is 38.0 Å². The van der Waals surface area contributed by atoms with E-state index < -0.39 is 0 Å². The number of carbonyl (C=O) groups is 1. The molecule has 3 heterocycles. The van der Waals surface area contributed by atoms with E-state index in [2.05, 4.69) is 23.9 Å².